The van der Waals surface area contributed by atoms with Gasteiger partial charge in [-0.15, -0.1) is 0 Å². The first kappa shape index (κ1) is 15.2. The molecular formula is C16H17N3O4S. The summed E-state index contributed by atoms with van der Waals surface area (Å²) in [5, 5.41) is 9.50. The summed E-state index contributed by atoms with van der Waals surface area (Å²) >= 11 is 0. The predicted molar refractivity (Wildman–Crippen MR) is 86.8 cm³/mol. The monoisotopic (exact) mass is 347 g/mol. The Balaban J connectivity index is 1.80. The van der Waals surface area contributed by atoms with E-state index in [1.54, 1.807) is 16.7 Å². The topological polar surface area (TPSA) is 92.5 Å². The van der Waals surface area contributed by atoms with Crippen molar-refractivity contribution in [1.29, 1.82) is 0 Å². The molecule has 1 aromatic heterocycles. The van der Waals surface area contributed by atoms with Crippen LogP contribution in [-0.4, -0.2) is 35.6 Å². The van der Waals surface area contributed by atoms with Crippen LogP contribution in [0.15, 0.2) is 29.4 Å². The van der Waals surface area contributed by atoms with E-state index in [0.717, 1.165) is 25.1 Å². The van der Waals surface area contributed by atoms with Gasteiger partial charge in [0.05, 0.1) is 17.4 Å². The number of aromatic nitrogens is 2. The van der Waals surface area contributed by atoms with Crippen molar-refractivity contribution in [2.24, 2.45) is 0 Å². The number of nitrogens with zero attached hydrogens (tertiary/aromatic N) is 3. The Labute approximate surface area is 139 Å². The highest BCUT2D eigenvalue weighted by molar-refractivity contribution is 7.92. The van der Waals surface area contributed by atoms with Crippen molar-refractivity contribution in [2.45, 2.75) is 37.3 Å². The fourth-order valence-electron chi connectivity index (χ4n) is 3.56. The molecule has 0 bridgehead atoms. The Hall–Kier alpha value is -2.35. The van der Waals surface area contributed by atoms with Gasteiger partial charge < -0.3 is 9.67 Å². The molecule has 0 aliphatic carbocycles. The molecule has 7 nitrogen and oxygen atoms in total. The molecule has 0 radical (unpaired) electrons. The maximum absolute atomic E-state index is 13.1. The van der Waals surface area contributed by atoms with E-state index in [1.807, 2.05) is 0 Å². The van der Waals surface area contributed by atoms with Crippen LogP contribution in [0.4, 0.5) is 5.69 Å². The summed E-state index contributed by atoms with van der Waals surface area (Å²) in [6.45, 7) is 0.905. The van der Waals surface area contributed by atoms with E-state index in [-0.39, 0.29) is 17.1 Å². The van der Waals surface area contributed by atoms with Gasteiger partial charge in [-0.3, -0.25) is 4.31 Å². The van der Waals surface area contributed by atoms with Crippen molar-refractivity contribution in [3.05, 3.63) is 41.3 Å². The minimum atomic E-state index is -3.75. The SMILES string of the molecule is O=C(O)c1cccc2c1CCN2S(=O)(=O)c1cnc2n1CCCC2. The Morgan fingerprint density at radius 2 is 2.00 bits per heavy atom. The zero-order valence-corrected chi connectivity index (χ0v) is 13.8. The van der Waals surface area contributed by atoms with Crippen LogP contribution in [0.1, 0.15) is 34.6 Å². The molecule has 0 saturated heterocycles. The van der Waals surface area contributed by atoms with Gasteiger partial charge >= 0.3 is 5.97 Å². The van der Waals surface area contributed by atoms with E-state index in [0.29, 0.717) is 24.2 Å². The molecule has 0 unspecified atom stereocenters. The first-order valence-electron chi connectivity index (χ1n) is 7.92. The summed E-state index contributed by atoms with van der Waals surface area (Å²) in [6, 6.07) is 4.76. The number of fused-ring (bicyclic) bond motifs is 2. The van der Waals surface area contributed by atoms with Crippen molar-refractivity contribution in [2.75, 3.05) is 10.8 Å². The molecule has 2 aliphatic heterocycles. The number of carboxylic acid groups (broad SMARTS) is 1. The lowest BCUT2D eigenvalue weighted by Gasteiger charge is -2.22. The first-order valence-corrected chi connectivity index (χ1v) is 9.36. The van der Waals surface area contributed by atoms with Crippen LogP contribution in [0, 0.1) is 0 Å². The van der Waals surface area contributed by atoms with Gasteiger partial charge in [0, 0.05) is 19.5 Å². The lowest BCUT2D eigenvalue weighted by Crippen LogP contribution is -2.31. The fourth-order valence-corrected chi connectivity index (χ4v) is 5.21. The zero-order chi connectivity index (χ0) is 16.9. The second kappa shape index (κ2) is 5.34. The van der Waals surface area contributed by atoms with Crippen LogP contribution in [0.2, 0.25) is 0 Å². The average Bonchev–Trinajstić information content (AvgIpc) is 3.19. The summed E-state index contributed by atoms with van der Waals surface area (Å²) in [5.41, 5.74) is 1.20. The summed E-state index contributed by atoms with van der Waals surface area (Å²) in [5.74, 6) is -0.230. The number of aryl methyl sites for hydroxylation is 1. The molecule has 0 saturated carbocycles. The van der Waals surface area contributed by atoms with Crippen molar-refractivity contribution in [3.63, 3.8) is 0 Å². The molecule has 2 aliphatic rings. The number of aromatic carboxylic acids is 1. The maximum Gasteiger partial charge on any atom is 0.336 e. The van der Waals surface area contributed by atoms with Crippen LogP contribution in [0.5, 0.6) is 0 Å². The molecule has 0 fully saturated rings. The van der Waals surface area contributed by atoms with Crippen LogP contribution < -0.4 is 4.31 Å². The van der Waals surface area contributed by atoms with Crippen molar-refractivity contribution >= 4 is 21.7 Å². The Bertz CT molecular complexity index is 933. The molecule has 3 heterocycles. The Morgan fingerprint density at radius 3 is 2.79 bits per heavy atom. The smallest absolute Gasteiger partial charge is 0.336 e. The number of carboxylic acids is 1. The summed E-state index contributed by atoms with van der Waals surface area (Å²) < 4.78 is 29.3. The molecular weight excluding hydrogens is 330 g/mol. The second-order valence-electron chi connectivity index (χ2n) is 6.06. The van der Waals surface area contributed by atoms with E-state index < -0.39 is 16.0 Å². The molecule has 0 atom stereocenters. The normalized spacial score (nSPS) is 16.8. The standard InChI is InChI=1S/C16H17N3O4S/c20-16(21)12-4-3-5-13-11(12)7-9-19(13)24(22,23)15-10-17-14-6-1-2-8-18(14)15/h3-5,10H,1-2,6-9H2,(H,20,21). The van der Waals surface area contributed by atoms with Gasteiger partial charge in [0.15, 0.2) is 5.03 Å². The van der Waals surface area contributed by atoms with Gasteiger partial charge in [-0.1, -0.05) is 6.07 Å². The van der Waals surface area contributed by atoms with E-state index >= 15 is 0 Å². The molecule has 4 rings (SSSR count). The van der Waals surface area contributed by atoms with Gasteiger partial charge in [-0.05, 0) is 37.0 Å². The number of anilines is 1. The van der Waals surface area contributed by atoms with Crippen molar-refractivity contribution in [1.82, 2.24) is 9.55 Å². The number of rotatable bonds is 3. The Morgan fingerprint density at radius 1 is 1.17 bits per heavy atom. The van der Waals surface area contributed by atoms with Crippen molar-refractivity contribution in [3.8, 4) is 0 Å². The molecule has 2 aromatic rings. The third-order valence-corrected chi connectivity index (χ3v) is 6.52. The van der Waals surface area contributed by atoms with E-state index in [1.165, 1.54) is 16.6 Å². The number of hydrogen-bond donors (Lipinski definition) is 1. The third-order valence-electron chi connectivity index (χ3n) is 4.70. The highest BCUT2D eigenvalue weighted by atomic mass is 32.2. The third kappa shape index (κ3) is 2.13. The largest absolute Gasteiger partial charge is 0.478 e. The van der Waals surface area contributed by atoms with Gasteiger partial charge in [-0.25, -0.2) is 9.78 Å². The summed E-state index contributed by atoms with van der Waals surface area (Å²) in [4.78, 5) is 15.6. The van der Waals surface area contributed by atoms with Gasteiger partial charge in [0.25, 0.3) is 10.0 Å². The molecule has 0 spiro atoms. The van der Waals surface area contributed by atoms with Crippen LogP contribution in [0.3, 0.4) is 0 Å². The highest BCUT2D eigenvalue weighted by Crippen LogP contribution is 2.35. The molecule has 24 heavy (non-hydrogen) atoms. The number of carbonyl (C=O) groups is 1. The van der Waals surface area contributed by atoms with Gasteiger partial charge in [-0.2, -0.15) is 8.42 Å². The van der Waals surface area contributed by atoms with Gasteiger partial charge in [0.2, 0.25) is 0 Å². The molecule has 0 amide bonds. The minimum Gasteiger partial charge on any atom is -0.478 e. The quantitative estimate of drug-likeness (QED) is 0.912. The number of imidazole rings is 1. The molecule has 126 valence electrons. The highest BCUT2D eigenvalue weighted by Gasteiger charge is 2.35. The second-order valence-corrected chi connectivity index (χ2v) is 7.87. The average molecular weight is 347 g/mol. The number of benzene rings is 1. The lowest BCUT2D eigenvalue weighted by molar-refractivity contribution is 0.0696. The Kier molecular flexibility index (Phi) is 3.38. The number of sulfonamides is 1. The van der Waals surface area contributed by atoms with Gasteiger partial charge in [0.1, 0.15) is 5.82 Å². The zero-order valence-electron chi connectivity index (χ0n) is 13.0. The van der Waals surface area contributed by atoms with Crippen LogP contribution in [-0.2, 0) is 29.4 Å². The van der Waals surface area contributed by atoms with E-state index in [4.69, 9.17) is 0 Å². The van der Waals surface area contributed by atoms with E-state index in [9.17, 15) is 18.3 Å². The van der Waals surface area contributed by atoms with E-state index in [2.05, 4.69) is 4.98 Å². The summed E-state index contributed by atoms with van der Waals surface area (Å²) in [6.07, 6.45) is 4.57. The molecule has 1 N–H and O–H groups in total. The number of hydrogen-bond acceptors (Lipinski definition) is 4. The molecule has 1 aromatic carbocycles. The fraction of sp³-hybridized carbons (Fsp3) is 0.375. The lowest BCUT2D eigenvalue weighted by atomic mass is 10.1. The maximum atomic E-state index is 13.1. The predicted octanol–water partition coefficient (Wildman–Crippen LogP) is 1.67. The minimum absolute atomic E-state index is 0.167. The summed E-state index contributed by atoms with van der Waals surface area (Å²) in [7, 11) is -3.75. The van der Waals surface area contributed by atoms with Crippen molar-refractivity contribution < 1.29 is 18.3 Å². The molecule has 8 heteroatoms. The first-order chi connectivity index (χ1) is 11.5. The van der Waals surface area contributed by atoms with Crippen LogP contribution in [0.25, 0.3) is 0 Å². The van der Waals surface area contributed by atoms with Crippen LogP contribution >= 0.6 is 0 Å².